The van der Waals surface area contributed by atoms with Crippen LogP contribution in [0, 0.1) is 11.8 Å². The molecule has 2 nitrogen and oxygen atoms in total. The number of fused-ring (bicyclic) bond motifs is 1. The highest BCUT2D eigenvalue weighted by Gasteiger charge is 2.35. The summed E-state index contributed by atoms with van der Waals surface area (Å²) in [6.45, 7) is 7.29. The Morgan fingerprint density at radius 2 is 2.06 bits per heavy atom. The molecule has 1 aromatic carbocycles. The maximum atomic E-state index is 10.5. The van der Waals surface area contributed by atoms with E-state index in [0.717, 1.165) is 23.8 Å². The molecule has 3 rings (SSSR count). The van der Waals surface area contributed by atoms with Crippen molar-refractivity contribution in [3.8, 4) is 5.75 Å². The van der Waals surface area contributed by atoms with Gasteiger partial charge in [0.25, 0.3) is 0 Å². The third kappa shape index (κ3) is 1.93. The zero-order chi connectivity index (χ0) is 12.9. The summed E-state index contributed by atoms with van der Waals surface area (Å²) in [7, 11) is 0. The third-order valence-corrected chi connectivity index (χ3v) is 4.53. The van der Waals surface area contributed by atoms with E-state index in [9.17, 15) is 5.11 Å². The number of aliphatic hydroxyl groups is 1. The van der Waals surface area contributed by atoms with Crippen molar-refractivity contribution >= 4 is 0 Å². The lowest BCUT2D eigenvalue weighted by Gasteiger charge is -2.21. The Balaban J connectivity index is 1.90. The molecule has 1 aliphatic carbocycles. The Labute approximate surface area is 109 Å². The van der Waals surface area contributed by atoms with Gasteiger partial charge in [-0.1, -0.05) is 26.8 Å². The highest BCUT2D eigenvalue weighted by Crippen LogP contribution is 2.45. The molecule has 1 fully saturated rings. The molecule has 98 valence electrons. The minimum Gasteiger partial charge on any atom is -0.492 e. The number of hydrogen-bond donors (Lipinski definition) is 1. The fraction of sp³-hybridized carbons (Fsp3) is 0.625. The molecule has 0 saturated heterocycles. The van der Waals surface area contributed by atoms with Crippen molar-refractivity contribution in [2.24, 2.45) is 11.8 Å². The molecule has 0 spiro atoms. The maximum absolute atomic E-state index is 10.5. The van der Waals surface area contributed by atoms with Crippen LogP contribution in [0.5, 0.6) is 5.75 Å². The number of rotatable bonds is 3. The van der Waals surface area contributed by atoms with Gasteiger partial charge in [0.05, 0.1) is 12.7 Å². The predicted octanol–water partition coefficient (Wildman–Crippen LogP) is 3.44. The first-order chi connectivity index (χ1) is 8.49. The highest BCUT2D eigenvalue weighted by atomic mass is 16.5. The van der Waals surface area contributed by atoms with Crippen LogP contribution in [-0.4, -0.2) is 11.7 Å². The summed E-state index contributed by atoms with van der Waals surface area (Å²) < 4.78 is 5.69. The van der Waals surface area contributed by atoms with Crippen molar-refractivity contribution in [3.05, 3.63) is 29.3 Å². The van der Waals surface area contributed by atoms with E-state index in [4.69, 9.17) is 4.74 Å². The summed E-state index contributed by atoms with van der Waals surface area (Å²) in [5, 5.41) is 10.5. The van der Waals surface area contributed by atoms with Crippen molar-refractivity contribution in [1.82, 2.24) is 0 Å². The van der Waals surface area contributed by atoms with Crippen molar-refractivity contribution in [1.29, 1.82) is 0 Å². The van der Waals surface area contributed by atoms with Crippen LogP contribution in [0.4, 0.5) is 0 Å². The van der Waals surface area contributed by atoms with Crippen molar-refractivity contribution in [3.63, 3.8) is 0 Å². The van der Waals surface area contributed by atoms with Crippen LogP contribution in [0.15, 0.2) is 18.2 Å². The molecule has 2 unspecified atom stereocenters. The summed E-state index contributed by atoms with van der Waals surface area (Å²) in [4.78, 5) is 0. The van der Waals surface area contributed by atoms with Crippen LogP contribution in [0.25, 0.3) is 0 Å². The van der Waals surface area contributed by atoms with Gasteiger partial charge in [-0.05, 0) is 42.4 Å². The molecule has 1 aromatic rings. The van der Waals surface area contributed by atoms with E-state index in [-0.39, 0.29) is 11.5 Å². The van der Waals surface area contributed by atoms with E-state index in [0.29, 0.717) is 5.92 Å². The Morgan fingerprint density at radius 3 is 2.72 bits per heavy atom. The summed E-state index contributed by atoms with van der Waals surface area (Å²) in [6.07, 6.45) is 2.22. The number of benzene rings is 1. The quantitative estimate of drug-likeness (QED) is 0.885. The number of hydrogen-bond acceptors (Lipinski definition) is 2. The molecule has 1 heterocycles. The van der Waals surface area contributed by atoms with Crippen LogP contribution >= 0.6 is 0 Å². The molecule has 0 amide bonds. The molecule has 2 heteroatoms. The van der Waals surface area contributed by atoms with Gasteiger partial charge in [-0.2, -0.15) is 0 Å². The van der Waals surface area contributed by atoms with Crippen LogP contribution in [-0.2, 0) is 5.41 Å². The average molecular weight is 246 g/mol. The van der Waals surface area contributed by atoms with E-state index in [1.165, 1.54) is 18.4 Å². The van der Waals surface area contributed by atoms with Crippen LogP contribution < -0.4 is 4.74 Å². The molecule has 0 aromatic heterocycles. The van der Waals surface area contributed by atoms with Crippen molar-refractivity contribution in [2.75, 3.05) is 6.61 Å². The fourth-order valence-corrected chi connectivity index (χ4v) is 2.91. The van der Waals surface area contributed by atoms with Crippen molar-refractivity contribution < 1.29 is 9.84 Å². The monoisotopic (exact) mass is 246 g/mol. The summed E-state index contributed by atoms with van der Waals surface area (Å²) in [5.74, 6) is 2.07. The number of ether oxygens (including phenoxy) is 1. The lowest BCUT2D eigenvalue weighted by atomic mass is 9.84. The summed E-state index contributed by atoms with van der Waals surface area (Å²) in [5.41, 5.74) is 2.35. The summed E-state index contributed by atoms with van der Waals surface area (Å²) in [6, 6.07) is 6.18. The average Bonchev–Trinajstić information content (AvgIpc) is 3.15. The molecule has 18 heavy (non-hydrogen) atoms. The molecule has 0 bridgehead atoms. The van der Waals surface area contributed by atoms with E-state index >= 15 is 0 Å². The predicted molar refractivity (Wildman–Crippen MR) is 71.8 cm³/mol. The maximum Gasteiger partial charge on any atom is 0.123 e. The third-order valence-electron chi connectivity index (χ3n) is 4.53. The lowest BCUT2D eigenvalue weighted by molar-refractivity contribution is 0.106. The zero-order valence-electron chi connectivity index (χ0n) is 11.4. The fourth-order valence-electron chi connectivity index (χ4n) is 2.91. The second kappa shape index (κ2) is 3.99. The zero-order valence-corrected chi connectivity index (χ0v) is 11.4. The van der Waals surface area contributed by atoms with Crippen LogP contribution in [0.3, 0.4) is 0 Å². The van der Waals surface area contributed by atoms with Gasteiger partial charge in [0.1, 0.15) is 5.75 Å². The first-order valence-corrected chi connectivity index (χ1v) is 6.94. The van der Waals surface area contributed by atoms with Gasteiger partial charge >= 0.3 is 0 Å². The smallest absolute Gasteiger partial charge is 0.123 e. The Kier molecular flexibility index (Phi) is 2.67. The van der Waals surface area contributed by atoms with Gasteiger partial charge in [-0.25, -0.2) is 0 Å². The molecule has 0 radical (unpaired) electrons. The largest absolute Gasteiger partial charge is 0.492 e. The standard InChI is InChI=1S/C16H22O2/c1-10(11-4-5-11)15(17)12-6-7-14-13(8-12)16(2,3)9-18-14/h6-8,10-11,15,17H,4-5,9H2,1-3H3. The highest BCUT2D eigenvalue weighted by molar-refractivity contribution is 5.45. The van der Waals surface area contributed by atoms with Crippen LogP contribution in [0.1, 0.15) is 50.8 Å². The molecular formula is C16H22O2. The van der Waals surface area contributed by atoms with Gasteiger partial charge < -0.3 is 9.84 Å². The van der Waals surface area contributed by atoms with Gasteiger partial charge in [-0.15, -0.1) is 0 Å². The molecule has 1 N–H and O–H groups in total. The topological polar surface area (TPSA) is 29.5 Å². The molecule has 2 atom stereocenters. The second-order valence-electron chi connectivity index (χ2n) is 6.57. The molecular weight excluding hydrogens is 224 g/mol. The first kappa shape index (κ1) is 12.0. The normalized spacial score (nSPS) is 24.2. The Hall–Kier alpha value is -1.02. The van der Waals surface area contributed by atoms with Gasteiger partial charge in [0, 0.05) is 11.0 Å². The Bertz CT molecular complexity index is 460. The Morgan fingerprint density at radius 1 is 1.33 bits per heavy atom. The van der Waals surface area contributed by atoms with E-state index in [1.54, 1.807) is 0 Å². The van der Waals surface area contributed by atoms with Gasteiger partial charge in [0.15, 0.2) is 0 Å². The SMILES string of the molecule is CC(C1CC1)C(O)c1ccc2c(c1)C(C)(C)CO2. The van der Waals surface area contributed by atoms with Crippen molar-refractivity contribution in [2.45, 2.75) is 45.1 Å². The molecule has 1 saturated carbocycles. The lowest BCUT2D eigenvalue weighted by Crippen LogP contribution is -2.19. The molecule has 2 aliphatic rings. The van der Waals surface area contributed by atoms with Gasteiger partial charge in [-0.3, -0.25) is 0 Å². The van der Waals surface area contributed by atoms with Gasteiger partial charge in [0.2, 0.25) is 0 Å². The second-order valence-corrected chi connectivity index (χ2v) is 6.57. The van der Waals surface area contributed by atoms with E-state index in [2.05, 4.69) is 26.8 Å². The number of aliphatic hydroxyl groups excluding tert-OH is 1. The molecule has 1 aliphatic heterocycles. The first-order valence-electron chi connectivity index (χ1n) is 6.94. The minimum atomic E-state index is -0.334. The van der Waals surface area contributed by atoms with E-state index in [1.807, 2.05) is 12.1 Å². The minimum absolute atomic E-state index is 0.0634. The van der Waals surface area contributed by atoms with Crippen LogP contribution in [0.2, 0.25) is 0 Å². The van der Waals surface area contributed by atoms with E-state index < -0.39 is 0 Å². The summed E-state index contributed by atoms with van der Waals surface area (Å²) >= 11 is 0.